The van der Waals surface area contributed by atoms with E-state index in [-0.39, 0.29) is 6.29 Å². The molecule has 186 valence electrons. The van der Waals surface area contributed by atoms with Gasteiger partial charge in [0, 0.05) is 11.5 Å². The number of benzene rings is 2. The van der Waals surface area contributed by atoms with Gasteiger partial charge in [0.1, 0.15) is 5.75 Å². The maximum absolute atomic E-state index is 6.04. The Morgan fingerprint density at radius 3 is 2.09 bits per heavy atom. The van der Waals surface area contributed by atoms with Gasteiger partial charge in [0.2, 0.25) is 0 Å². The quantitative estimate of drug-likeness (QED) is 0.183. The Hall–Kier alpha value is -2.10. The zero-order valence-electron chi connectivity index (χ0n) is 21.2. The minimum Gasteiger partial charge on any atom is -0.494 e. The van der Waals surface area contributed by atoms with Crippen LogP contribution in [-0.4, -0.2) is 19.8 Å². The molecule has 0 saturated carbocycles. The summed E-state index contributed by atoms with van der Waals surface area (Å²) < 4.78 is 18.0. The van der Waals surface area contributed by atoms with E-state index in [0.717, 1.165) is 44.0 Å². The average Bonchev–Trinajstić information content (AvgIpc) is 2.89. The van der Waals surface area contributed by atoms with Crippen LogP contribution >= 0.6 is 0 Å². The minimum atomic E-state index is -0.246. The van der Waals surface area contributed by atoms with Crippen LogP contribution in [0.1, 0.15) is 89.4 Å². The van der Waals surface area contributed by atoms with Crippen LogP contribution in [0.4, 0.5) is 0 Å². The topological polar surface area (TPSA) is 27.7 Å². The van der Waals surface area contributed by atoms with Crippen molar-refractivity contribution in [2.75, 3.05) is 19.8 Å². The van der Waals surface area contributed by atoms with Gasteiger partial charge in [0.05, 0.1) is 19.8 Å². The van der Waals surface area contributed by atoms with Crippen LogP contribution in [0.25, 0.3) is 11.1 Å². The van der Waals surface area contributed by atoms with Crippen molar-refractivity contribution in [2.45, 2.75) is 83.8 Å². The van der Waals surface area contributed by atoms with Gasteiger partial charge in [-0.15, -0.1) is 6.58 Å². The number of hydrogen-bond acceptors (Lipinski definition) is 3. The molecule has 3 heteroatoms. The van der Waals surface area contributed by atoms with E-state index in [1.54, 1.807) is 0 Å². The number of allylic oxidation sites excluding steroid dienone is 1. The van der Waals surface area contributed by atoms with Gasteiger partial charge in [0.15, 0.2) is 6.29 Å². The van der Waals surface area contributed by atoms with Crippen molar-refractivity contribution in [1.29, 1.82) is 0 Å². The highest BCUT2D eigenvalue weighted by molar-refractivity contribution is 5.64. The van der Waals surface area contributed by atoms with Crippen LogP contribution in [0, 0.1) is 5.92 Å². The van der Waals surface area contributed by atoms with Crippen molar-refractivity contribution >= 4 is 0 Å². The predicted molar refractivity (Wildman–Crippen MR) is 142 cm³/mol. The third-order valence-corrected chi connectivity index (χ3v) is 6.62. The SMILES string of the molecule is C=CCCCCCC1COC(c2ccc(-c3ccc(OCCCCCCCC)cc3)cc2)OC1. The lowest BCUT2D eigenvalue weighted by Crippen LogP contribution is -2.27. The van der Waals surface area contributed by atoms with E-state index in [4.69, 9.17) is 14.2 Å². The first-order valence-electron chi connectivity index (χ1n) is 13.5. The maximum atomic E-state index is 6.04. The lowest BCUT2D eigenvalue weighted by Gasteiger charge is -2.29. The molecule has 1 aliphatic rings. The Kier molecular flexibility index (Phi) is 12.3. The Labute approximate surface area is 207 Å². The van der Waals surface area contributed by atoms with E-state index >= 15 is 0 Å². The van der Waals surface area contributed by atoms with Crippen LogP contribution in [0.2, 0.25) is 0 Å². The molecule has 1 heterocycles. The summed E-state index contributed by atoms with van der Waals surface area (Å²) in [5, 5.41) is 0. The summed E-state index contributed by atoms with van der Waals surface area (Å²) in [7, 11) is 0. The van der Waals surface area contributed by atoms with E-state index in [1.165, 1.54) is 68.9 Å². The summed E-state index contributed by atoms with van der Waals surface area (Å²) in [6.45, 7) is 8.42. The van der Waals surface area contributed by atoms with Gasteiger partial charge in [-0.25, -0.2) is 0 Å². The summed E-state index contributed by atoms with van der Waals surface area (Å²) in [5.74, 6) is 1.47. The standard InChI is InChI=1S/C31H44O3/c1-3-5-7-9-11-13-23-32-30-21-19-28(20-22-30)27-15-17-29(18-16-27)31-33-24-26(25-34-31)14-12-10-8-6-4-2/h4,15-22,26,31H,2-3,5-14,23-25H2,1H3. The third kappa shape index (κ3) is 9.27. The fraction of sp³-hybridized carbons (Fsp3) is 0.548. The molecule has 1 fully saturated rings. The molecule has 3 rings (SSSR count). The van der Waals surface area contributed by atoms with Gasteiger partial charge >= 0.3 is 0 Å². The number of ether oxygens (including phenoxy) is 3. The largest absolute Gasteiger partial charge is 0.494 e. The molecule has 34 heavy (non-hydrogen) atoms. The van der Waals surface area contributed by atoms with Crippen LogP contribution in [0.15, 0.2) is 61.2 Å². The molecule has 3 nitrogen and oxygen atoms in total. The summed E-state index contributed by atoms with van der Waals surface area (Å²) in [6, 6.07) is 17.0. The van der Waals surface area contributed by atoms with Gasteiger partial charge in [-0.2, -0.15) is 0 Å². The van der Waals surface area contributed by atoms with Gasteiger partial charge in [-0.05, 0) is 48.9 Å². The number of hydrogen-bond donors (Lipinski definition) is 0. The molecule has 1 saturated heterocycles. The lowest BCUT2D eigenvalue weighted by atomic mass is 10.0. The minimum absolute atomic E-state index is 0.246. The van der Waals surface area contributed by atoms with Crippen LogP contribution in [0.3, 0.4) is 0 Å². The molecule has 0 aromatic heterocycles. The summed E-state index contributed by atoms with van der Waals surface area (Å²) in [4.78, 5) is 0. The van der Waals surface area contributed by atoms with Crippen molar-refractivity contribution in [1.82, 2.24) is 0 Å². The zero-order valence-corrected chi connectivity index (χ0v) is 21.2. The van der Waals surface area contributed by atoms with E-state index in [9.17, 15) is 0 Å². The highest BCUT2D eigenvalue weighted by Crippen LogP contribution is 2.30. The molecule has 0 spiro atoms. The summed E-state index contributed by atoms with van der Waals surface area (Å²) in [5.41, 5.74) is 3.48. The monoisotopic (exact) mass is 464 g/mol. The van der Waals surface area contributed by atoms with Crippen LogP contribution in [0.5, 0.6) is 5.75 Å². The molecule has 0 unspecified atom stereocenters. The molecule has 0 atom stereocenters. The van der Waals surface area contributed by atoms with E-state index in [2.05, 4.69) is 62.0 Å². The first-order chi connectivity index (χ1) is 16.8. The highest BCUT2D eigenvalue weighted by Gasteiger charge is 2.23. The summed E-state index contributed by atoms with van der Waals surface area (Å²) in [6.07, 6.45) is 15.5. The van der Waals surface area contributed by atoms with Crippen LogP contribution in [-0.2, 0) is 9.47 Å². The van der Waals surface area contributed by atoms with E-state index in [1.807, 2.05) is 6.08 Å². The molecule has 0 aliphatic carbocycles. The second kappa shape index (κ2) is 15.7. The maximum Gasteiger partial charge on any atom is 0.183 e. The summed E-state index contributed by atoms with van der Waals surface area (Å²) >= 11 is 0. The lowest BCUT2D eigenvalue weighted by molar-refractivity contribution is -0.206. The molecule has 0 N–H and O–H groups in total. The molecular formula is C31H44O3. The van der Waals surface area contributed by atoms with Crippen molar-refractivity contribution in [3.8, 4) is 16.9 Å². The molecule has 0 bridgehead atoms. The zero-order chi connectivity index (χ0) is 23.8. The van der Waals surface area contributed by atoms with Crippen molar-refractivity contribution in [3.05, 3.63) is 66.7 Å². The first kappa shape index (κ1) is 26.5. The second-order valence-electron chi connectivity index (χ2n) is 9.55. The molecule has 0 radical (unpaired) electrons. The number of rotatable bonds is 16. The Balaban J connectivity index is 1.37. The Bertz CT molecular complexity index is 788. The van der Waals surface area contributed by atoms with Gasteiger partial charge in [-0.1, -0.05) is 94.3 Å². The smallest absolute Gasteiger partial charge is 0.183 e. The molecule has 2 aromatic rings. The molecule has 2 aromatic carbocycles. The highest BCUT2D eigenvalue weighted by atomic mass is 16.7. The normalized spacial score (nSPS) is 18.0. The van der Waals surface area contributed by atoms with Gasteiger partial charge in [0.25, 0.3) is 0 Å². The fourth-order valence-electron chi connectivity index (χ4n) is 4.45. The fourth-order valence-corrected chi connectivity index (χ4v) is 4.45. The third-order valence-electron chi connectivity index (χ3n) is 6.62. The molecule has 1 aliphatic heterocycles. The van der Waals surface area contributed by atoms with Crippen LogP contribution < -0.4 is 4.74 Å². The first-order valence-corrected chi connectivity index (χ1v) is 13.5. The van der Waals surface area contributed by atoms with Crippen molar-refractivity contribution in [2.24, 2.45) is 5.92 Å². The molecular weight excluding hydrogens is 420 g/mol. The number of unbranched alkanes of at least 4 members (excludes halogenated alkanes) is 8. The second-order valence-corrected chi connectivity index (χ2v) is 9.55. The average molecular weight is 465 g/mol. The van der Waals surface area contributed by atoms with Gasteiger partial charge < -0.3 is 14.2 Å². The van der Waals surface area contributed by atoms with Crippen molar-refractivity contribution in [3.63, 3.8) is 0 Å². The predicted octanol–water partition coefficient (Wildman–Crippen LogP) is 8.89. The van der Waals surface area contributed by atoms with Crippen molar-refractivity contribution < 1.29 is 14.2 Å². The van der Waals surface area contributed by atoms with Gasteiger partial charge in [-0.3, -0.25) is 0 Å². The Morgan fingerprint density at radius 1 is 0.794 bits per heavy atom. The van der Waals surface area contributed by atoms with E-state index < -0.39 is 0 Å². The van der Waals surface area contributed by atoms with E-state index in [0.29, 0.717) is 5.92 Å². The Morgan fingerprint density at radius 2 is 1.41 bits per heavy atom. The molecule has 0 amide bonds.